The van der Waals surface area contributed by atoms with E-state index in [1.165, 1.54) is 4.90 Å². The Labute approximate surface area is 193 Å². The van der Waals surface area contributed by atoms with E-state index >= 15 is 0 Å². The first kappa shape index (κ1) is 20.5. The number of benzene rings is 2. The fraction of sp³-hybridized carbons (Fsp3) is 0.160. The molecule has 3 aromatic rings. The average Bonchev–Trinajstić information content (AvgIpc) is 3.30. The van der Waals surface area contributed by atoms with Gasteiger partial charge in [0.05, 0.1) is 11.6 Å². The summed E-state index contributed by atoms with van der Waals surface area (Å²) in [5, 5.41) is 11.3. The monoisotopic (exact) mass is 490 g/mol. The molecule has 1 amide bonds. The van der Waals surface area contributed by atoms with Crippen molar-refractivity contribution in [2.24, 2.45) is 0 Å². The predicted molar refractivity (Wildman–Crippen MR) is 123 cm³/mol. The minimum absolute atomic E-state index is 0.0519. The Morgan fingerprint density at radius 1 is 1.09 bits per heavy atom. The van der Waals surface area contributed by atoms with Gasteiger partial charge in [0, 0.05) is 34.5 Å². The molecule has 2 aromatic carbocycles. The second-order valence-electron chi connectivity index (χ2n) is 7.88. The van der Waals surface area contributed by atoms with Crippen molar-refractivity contribution in [1.29, 1.82) is 0 Å². The lowest BCUT2D eigenvalue weighted by molar-refractivity contribution is -0.132. The number of fused-ring (bicyclic) bond motifs is 1. The number of halogens is 1. The predicted octanol–water partition coefficient (Wildman–Crippen LogP) is 4.79. The molecule has 2 atom stereocenters. The molecule has 0 bridgehead atoms. The van der Waals surface area contributed by atoms with Gasteiger partial charge in [-0.15, -0.1) is 0 Å². The van der Waals surface area contributed by atoms with Gasteiger partial charge in [0.25, 0.3) is 11.7 Å². The minimum atomic E-state index is -0.775. The number of nitrogens with zero attached hydrogens (tertiary/aromatic N) is 2. The zero-order valence-corrected chi connectivity index (χ0v) is 18.7. The van der Waals surface area contributed by atoms with Gasteiger partial charge < -0.3 is 9.84 Å². The van der Waals surface area contributed by atoms with Gasteiger partial charge in [0.1, 0.15) is 17.6 Å². The Balaban J connectivity index is 1.68. The van der Waals surface area contributed by atoms with Crippen molar-refractivity contribution in [3.05, 3.63) is 93.7 Å². The molecule has 7 heteroatoms. The number of hydrogen-bond donors (Lipinski definition) is 1. The van der Waals surface area contributed by atoms with Gasteiger partial charge in [-0.05, 0) is 72.6 Å². The van der Waals surface area contributed by atoms with Crippen LogP contribution in [0.5, 0.6) is 5.75 Å². The third-order valence-electron chi connectivity index (χ3n) is 5.74. The molecule has 0 spiro atoms. The summed E-state index contributed by atoms with van der Waals surface area (Å²) in [5.41, 5.74) is 2.74. The lowest BCUT2D eigenvalue weighted by atomic mass is 9.95. The third-order valence-corrected chi connectivity index (χ3v) is 6.27. The number of pyridine rings is 1. The molecule has 1 saturated heterocycles. The van der Waals surface area contributed by atoms with Crippen LogP contribution in [0.2, 0.25) is 0 Å². The number of carbonyl (C=O) groups is 2. The third kappa shape index (κ3) is 3.39. The van der Waals surface area contributed by atoms with Crippen molar-refractivity contribution in [1.82, 2.24) is 4.98 Å². The number of rotatable bonds is 3. The topological polar surface area (TPSA) is 79.7 Å². The van der Waals surface area contributed by atoms with E-state index in [-0.39, 0.29) is 17.4 Å². The largest absolute Gasteiger partial charge is 0.507 e. The molecule has 160 valence electrons. The van der Waals surface area contributed by atoms with Crippen LogP contribution >= 0.6 is 15.9 Å². The van der Waals surface area contributed by atoms with Gasteiger partial charge in [-0.2, -0.15) is 0 Å². The van der Waals surface area contributed by atoms with Crippen molar-refractivity contribution in [2.45, 2.75) is 25.5 Å². The lowest BCUT2D eigenvalue weighted by Crippen LogP contribution is -2.29. The van der Waals surface area contributed by atoms with Crippen molar-refractivity contribution < 1.29 is 19.4 Å². The summed E-state index contributed by atoms with van der Waals surface area (Å²) in [6.07, 6.45) is 3.98. The zero-order valence-electron chi connectivity index (χ0n) is 17.2. The maximum atomic E-state index is 13.2. The van der Waals surface area contributed by atoms with Crippen LogP contribution < -0.4 is 9.64 Å². The Kier molecular flexibility index (Phi) is 5.06. The summed E-state index contributed by atoms with van der Waals surface area (Å²) < 4.78 is 6.60. The van der Waals surface area contributed by atoms with Gasteiger partial charge in [-0.25, -0.2) is 0 Å². The molecule has 32 heavy (non-hydrogen) atoms. The molecule has 1 N–H and O–H groups in total. The number of aliphatic hydroxyl groups is 1. The maximum absolute atomic E-state index is 13.2. The molecule has 5 rings (SSSR count). The number of carbonyl (C=O) groups excluding carboxylic acids is 2. The van der Waals surface area contributed by atoms with Gasteiger partial charge in [-0.3, -0.25) is 19.5 Å². The molecule has 1 aromatic heterocycles. The van der Waals surface area contributed by atoms with E-state index in [0.29, 0.717) is 16.8 Å². The van der Waals surface area contributed by atoms with Crippen molar-refractivity contribution in [3.8, 4) is 5.75 Å². The summed E-state index contributed by atoms with van der Waals surface area (Å²) in [5.74, 6) is -0.840. The first-order chi connectivity index (χ1) is 15.4. The number of ether oxygens (including phenoxy) is 1. The molecule has 0 saturated carbocycles. The molecule has 2 aliphatic heterocycles. The van der Waals surface area contributed by atoms with Crippen LogP contribution in [0.25, 0.3) is 5.76 Å². The second kappa shape index (κ2) is 7.91. The highest BCUT2D eigenvalue weighted by Gasteiger charge is 2.47. The number of aliphatic hydroxyl groups excluding tert-OH is 1. The standard InChI is InChI=1S/C25H19BrN2O4/c1-14-12-17-13-16(2-7-20(17)32-14)23(29)21-22(15-8-10-27-11-9-15)28(25(31)24(21)30)19-5-3-18(26)4-6-19/h2-11,13-14,22,29H,12H2,1H3/b23-21-. The molecule has 0 radical (unpaired) electrons. The van der Waals surface area contributed by atoms with E-state index in [4.69, 9.17) is 4.74 Å². The quantitative estimate of drug-likeness (QED) is 0.324. The average molecular weight is 491 g/mol. The van der Waals surface area contributed by atoms with Gasteiger partial charge >= 0.3 is 0 Å². The number of aromatic nitrogens is 1. The van der Waals surface area contributed by atoms with Crippen LogP contribution in [-0.2, 0) is 16.0 Å². The van der Waals surface area contributed by atoms with Crippen molar-refractivity contribution in [2.75, 3.05) is 4.90 Å². The van der Waals surface area contributed by atoms with Gasteiger partial charge in [-0.1, -0.05) is 15.9 Å². The van der Waals surface area contributed by atoms with Crippen LogP contribution in [0.15, 0.2) is 77.0 Å². The lowest BCUT2D eigenvalue weighted by Gasteiger charge is -2.25. The fourth-order valence-corrected chi connectivity index (χ4v) is 4.55. The Hall–Kier alpha value is -3.45. The first-order valence-electron chi connectivity index (χ1n) is 10.2. The molecule has 6 nitrogen and oxygen atoms in total. The summed E-state index contributed by atoms with van der Waals surface area (Å²) in [6, 6.07) is 15.2. The van der Waals surface area contributed by atoms with E-state index in [2.05, 4.69) is 20.9 Å². The van der Waals surface area contributed by atoms with E-state index in [9.17, 15) is 14.7 Å². The van der Waals surface area contributed by atoms with E-state index < -0.39 is 17.7 Å². The second-order valence-corrected chi connectivity index (χ2v) is 8.80. The van der Waals surface area contributed by atoms with Crippen molar-refractivity contribution in [3.63, 3.8) is 0 Å². The number of amides is 1. The molecule has 3 heterocycles. The summed E-state index contributed by atoms with van der Waals surface area (Å²) in [6.45, 7) is 1.98. The normalized spacial score (nSPS) is 21.5. The van der Waals surface area contributed by atoms with Crippen LogP contribution in [0, 0.1) is 0 Å². The smallest absolute Gasteiger partial charge is 0.300 e. The van der Waals surface area contributed by atoms with Crippen LogP contribution in [0.3, 0.4) is 0 Å². The van der Waals surface area contributed by atoms with E-state index in [1.54, 1.807) is 60.9 Å². The fourth-order valence-electron chi connectivity index (χ4n) is 4.29. The SMILES string of the molecule is CC1Cc2cc(/C(O)=C3/C(=O)C(=O)N(c4ccc(Br)cc4)C3c3ccncc3)ccc2O1. The maximum Gasteiger partial charge on any atom is 0.300 e. The number of Topliss-reactive ketones (excluding diaryl/α,β-unsaturated/α-hetero) is 1. The highest BCUT2D eigenvalue weighted by Crippen LogP contribution is 2.42. The van der Waals surface area contributed by atoms with Crippen LogP contribution in [-0.4, -0.2) is 27.9 Å². The Bertz CT molecular complexity index is 1250. The van der Waals surface area contributed by atoms with Crippen LogP contribution in [0.1, 0.15) is 29.7 Å². The summed E-state index contributed by atoms with van der Waals surface area (Å²) in [4.78, 5) is 31.8. The first-order valence-corrected chi connectivity index (χ1v) is 11.0. The minimum Gasteiger partial charge on any atom is -0.507 e. The van der Waals surface area contributed by atoms with E-state index in [0.717, 1.165) is 22.2 Å². The summed E-state index contributed by atoms with van der Waals surface area (Å²) in [7, 11) is 0. The Morgan fingerprint density at radius 3 is 2.53 bits per heavy atom. The van der Waals surface area contributed by atoms with E-state index in [1.807, 2.05) is 13.0 Å². The molecule has 0 aliphatic carbocycles. The summed E-state index contributed by atoms with van der Waals surface area (Å²) >= 11 is 3.40. The number of ketones is 1. The number of hydrogen-bond acceptors (Lipinski definition) is 5. The Morgan fingerprint density at radius 2 is 1.81 bits per heavy atom. The van der Waals surface area contributed by atoms with Crippen LogP contribution in [0.4, 0.5) is 5.69 Å². The molecule has 2 aliphatic rings. The van der Waals surface area contributed by atoms with Gasteiger partial charge in [0.2, 0.25) is 0 Å². The van der Waals surface area contributed by atoms with Crippen molar-refractivity contribution >= 4 is 39.1 Å². The number of anilines is 1. The molecule has 2 unspecified atom stereocenters. The van der Waals surface area contributed by atoms with Gasteiger partial charge in [0.15, 0.2) is 0 Å². The molecular weight excluding hydrogens is 472 g/mol. The highest BCUT2D eigenvalue weighted by atomic mass is 79.9. The highest BCUT2D eigenvalue weighted by molar-refractivity contribution is 9.10. The molecular formula is C25H19BrN2O4. The molecule has 1 fully saturated rings. The zero-order chi connectivity index (χ0) is 22.4.